The van der Waals surface area contributed by atoms with E-state index in [4.69, 9.17) is 5.11 Å². The highest BCUT2D eigenvalue weighted by atomic mass is 16.4. The first-order chi connectivity index (χ1) is 9.94. The lowest BCUT2D eigenvalue weighted by Crippen LogP contribution is -2.42. The number of hydrogen-bond acceptors (Lipinski definition) is 3. The van der Waals surface area contributed by atoms with Crippen molar-refractivity contribution in [1.82, 2.24) is 10.3 Å². The zero-order valence-corrected chi connectivity index (χ0v) is 12.3. The molecule has 2 amide bonds. The molecule has 1 fully saturated rings. The fourth-order valence-electron chi connectivity index (χ4n) is 3.01. The molecule has 1 aromatic heterocycles. The van der Waals surface area contributed by atoms with Gasteiger partial charge in [0, 0.05) is 6.04 Å². The lowest BCUT2D eigenvalue weighted by Gasteiger charge is -2.31. The van der Waals surface area contributed by atoms with Crippen LogP contribution in [0.25, 0.3) is 0 Å². The van der Waals surface area contributed by atoms with Gasteiger partial charge in [0.2, 0.25) is 0 Å². The molecule has 1 aliphatic rings. The number of nitrogens with one attached hydrogen (secondary N) is 2. The van der Waals surface area contributed by atoms with Gasteiger partial charge in [-0.25, -0.2) is 14.6 Å². The van der Waals surface area contributed by atoms with Crippen LogP contribution in [0, 0.1) is 11.8 Å². The summed E-state index contributed by atoms with van der Waals surface area (Å²) in [6.07, 6.45) is 4.54. The molecular weight excluding hydrogens is 270 g/mol. The first-order valence-electron chi connectivity index (χ1n) is 7.21. The van der Waals surface area contributed by atoms with Crippen molar-refractivity contribution < 1.29 is 14.7 Å². The maximum absolute atomic E-state index is 11.9. The minimum Gasteiger partial charge on any atom is -0.477 e. The van der Waals surface area contributed by atoms with E-state index >= 15 is 0 Å². The monoisotopic (exact) mass is 291 g/mol. The summed E-state index contributed by atoms with van der Waals surface area (Å²) in [6.45, 7) is 4.41. The topological polar surface area (TPSA) is 91.3 Å². The van der Waals surface area contributed by atoms with E-state index < -0.39 is 5.97 Å². The van der Waals surface area contributed by atoms with Gasteiger partial charge in [-0.2, -0.15) is 0 Å². The Morgan fingerprint density at radius 1 is 1.19 bits per heavy atom. The summed E-state index contributed by atoms with van der Waals surface area (Å²) in [5, 5.41) is 14.4. The van der Waals surface area contributed by atoms with E-state index in [1.54, 1.807) is 0 Å². The molecule has 114 valence electrons. The zero-order chi connectivity index (χ0) is 15.4. The highest BCUT2D eigenvalue weighted by Gasteiger charge is 2.25. The third-order valence-electron chi connectivity index (χ3n) is 3.75. The molecule has 0 aromatic carbocycles. The van der Waals surface area contributed by atoms with Crippen LogP contribution in [0.2, 0.25) is 0 Å². The number of carbonyl (C=O) groups excluding carboxylic acids is 1. The Kier molecular flexibility index (Phi) is 4.77. The molecular formula is C15H21N3O3. The number of anilines is 1. The summed E-state index contributed by atoms with van der Waals surface area (Å²) in [7, 11) is 0. The molecule has 3 N–H and O–H groups in total. The predicted molar refractivity (Wildman–Crippen MR) is 79.3 cm³/mol. The summed E-state index contributed by atoms with van der Waals surface area (Å²) in [5.74, 6) is 0.155. The standard InChI is InChI=1S/C15H21N3O3/c1-9-5-10(2)7-12(6-9)18-15(21)17-11-3-4-13(14(19)20)16-8-11/h3-4,8-10,12H,5-7H2,1-2H3,(H,19,20)(H2,17,18,21). The molecule has 0 radical (unpaired) electrons. The number of carboxylic acid groups (broad SMARTS) is 1. The maximum Gasteiger partial charge on any atom is 0.354 e. The zero-order valence-electron chi connectivity index (χ0n) is 12.3. The first kappa shape index (κ1) is 15.3. The summed E-state index contributed by atoms with van der Waals surface area (Å²) >= 11 is 0. The summed E-state index contributed by atoms with van der Waals surface area (Å²) in [4.78, 5) is 26.4. The van der Waals surface area contributed by atoms with Gasteiger partial charge in [-0.05, 0) is 43.2 Å². The molecule has 6 heteroatoms. The largest absolute Gasteiger partial charge is 0.477 e. The van der Waals surface area contributed by atoms with Crippen molar-refractivity contribution in [2.45, 2.75) is 39.2 Å². The van der Waals surface area contributed by atoms with Crippen LogP contribution in [0.1, 0.15) is 43.6 Å². The second-order valence-corrected chi connectivity index (χ2v) is 5.95. The second kappa shape index (κ2) is 6.56. The Morgan fingerprint density at radius 3 is 2.38 bits per heavy atom. The van der Waals surface area contributed by atoms with Crippen molar-refractivity contribution in [3.05, 3.63) is 24.0 Å². The van der Waals surface area contributed by atoms with Crippen molar-refractivity contribution in [2.75, 3.05) is 5.32 Å². The fraction of sp³-hybridized carbons (Fsp3) is 0.533. The summed E-state index contributed by atoms with van der Waals surface area (Å²) in [6, 6.07) is 2.81. The summed E-state index contributed by atoms with van der Waals surface area (Å²) in [5.41, 5.74) is 0.435. The van der Waals surface area contributed by atoms with E-state index in [2.05, 4.69) is 29.5 Å². The van der Waals surface area contributed by atoms with E-state index in [-0.39, 0.29) is 17.8 Å². The van der Waals surface area contributed by atoms with Crippen LogP contribution < -0.4 is 10.6 Å². The molecule has 2 rings (SSSR count). The number of aromatic nitrogens is 1. The lowest BCUT2D eigenvalue weighted by atomic mass is 9.80. The van der Waals surface area contributed by atoms with Gasteiger partial charge in [-0.3, -0.25) is 0 Å². The van der Waals surface area contributed by atoms with E-state index in [1.165, 1.54) is 24.8 Å². The molecule has 0 saturated heterocycles. The quantitative estimate of drug-likeness (QED) is 0.798. The van der Waals surface area contributed by atoms with Crippen LogP contribution in [-0.4, -0.2) is 28.1 Å². The predicted octanol–water partition coefficient (Wildman–Crippen LogP) is 2.73. The number of aromatic carboxylic acids is 1. The molecule has 6 nitrogen and oxygen atoms in total. The number of carbonyl (C=O) groups is 2. The number of amides is 2. The van der Waals surface area contributed by atoms with E-state index in [0.717, 1.165) is 12.8 Å². The van der Waals surface area contributed by atoms with Crippen molar-refractivity contribution in [2.24, 2.45) is 11.8 Å². The number of urea groups is 1. The van der Waals surface area contributed by atoms with E-state index in [0.29, 0.717) is 17.5 Å². The molecule has 21 heavy (non-hydrogen) atoms. The Labute approximate surface area is 124 Å². The second-order valence-electron chi connectivity index (χ2n) is 5.95. The maximum atomic E-state index is 11.9. The van der Waals surface area contributed by atoms with Gasteiger partial charge in [-0.15, -0.1) is 0 Å². The summed E-state index contributed by atoms with van der Waals surface area (Å²) < 4.78 is 0. The number of carboxylic acids is 1. The average molecular weight is 291 g/mol. The normalized spacial score (nSPS) is 25.1. The molecule has 2 unspecified atom stereocenters. The third kappa shape index (κ3) is 4.44. The average Bonchev–Trinajstić information content (AvgIpc) is 2.37. The van der Waals surface area contributed by atoms with Crippen LogP contribution >= 0.6 is 0 Å². The number of hydrogen-bond donors (Lipinski definition) is 3. The van der Waals surface area contributed by atoms with Gasteiger partial charge >= 0.3 is 12.0 Å². The van der Waals surface area contributed by atoms with Gasteiger partial charge in [0.25, 0.3) is 0 Å². The van der Waals surface area contributed by atoms with Crippen molar-refractivity contribution >= 4 is 17.7 Å². The molecule has 1 saturated carbocycles. The van der Waals surface area contributed by atoms with Gasteiger partial charge in [0.05, 0.1) is 11.9 Å². The highest BCUT2D eigenvalue weighted by molar-refractivity contribution is 5.90. The van der Waals surface area contributed by atoms with Gasteiger partial charge in [-0.1, -0.05) is 13.8 Å². The molecule has 1 aromatic rings. The molecule has 0 bridgehead atoms. The van der Waals surface area contributed by atoms with Crippen LogP contribution in [-0.2, 0) is 0 Å². The minimum atomic E-state index is -1.09. The third-order valence-corrected chi connectivity index (χ3v) is 3.75. The SMILES string of the molecule is CC1CC(C)CC(NC(=O)Nc2ccc(C(=O)O)nc2)C1. The van der Waals surface area contributed by atoms with Crippen LogP contribution in [0.3, 0.4) is 0 Å². The van der Waals surface area contributed by atoms with Crippen LogP contribution in [0.15, 0.2) is 18.3 Å². The fourth-order valence-corrected chi connectivity index (χ4v) is 3.01. The Bertz CT molecular complexity index is 505. The van der Waals surface area contributed by atoms with Crippen molar-refractivity contribution in [3.63, 3.8) is 0 Å². The lowest BCUT2D eigenvalue weighted by molar-refractivity contribution is 0.0690. The number of nitrogens with zero attached hydrogens (tertiary/aromatic N) is 1. The number of pyridine rings is 1. The first-order valence-corrected chi connectivity index (χ1v) is 7.21. The minimum absolute atomic E-state index is 0.0455. The van der Waals surface area contributed by atoms with Crippen LogP contribution in [0.5, 0.6) is 0 Å². The van der Waals surface area contributed by atoms with Gasteiger partial charge in [0.15, 0.2) is 0 Å². The van der Waals surface area contributed by atoms with Gasteiger partial charge < -0.3 is 15.7 Å². The molecule has 0 aliphatic heterocycles. The Morgan fingerprint density at radius 2 is 1.86 bits per heavy atom. The van der Waals surface area contributed by atoms with E-state index in [1.807, 2.05) is 0 Å². The Hall–Kier alpha value is -2.11. The number of rotatable bonds is 3. The van der Waals surface area contributed by atoms with Gasteiger partial charge in [0.1, 0.15) is 5.69 Å². The van der Waals surface area contributed by atoms with Crippen molar-refractivity contribution in [1.29, 1.82) is 0 Å². The van der Waals surface area contributed by atoms with E-state index in [9.17, 15) is 9.59 Å². The van der Waals surface area contributed by atoms with Crippen LogP contribution in [0.4, 0.5) is 10.5 Å². The smallest absolute Gasteiger partial charge is 0.354 e. The molecule has 2 atom stereocenters. The highest BCUT2D eigenvalue weighted by Crippen LogP contribution is 2.28. The molecule has 0 spiro atoms. The Balaban J connectivity index is 1.88. The molecule has 1 aliphatic carbocycles. The van der Waals surface area contributed by atoms with Crippen molar-refractivity contribution in [3.8, 4) is 0 Å². The molecule has 1 heterocycles.